The van der Waals surface area contributed by atoms with Crippen LogP contribution in [0.4, 0.5) is 0 Å². The molecular weight excluding hydrogens is 501 g/mol. The number of nitrogens with one attached hydrogen (secondary N) is 2. The summed E-state index contributed by atoms with van der Waals surface area (Å²) in [6.07, 6.45) is 2.65. The van der Waals surface area contributed by atoms with E-state index in [1.807, 2.05) is 6.92 Å². The molecule has 2 rings (SSSR count). The summed E-state index contributed by atoms with van der Waals surface area (Å²) < 4.78 is 2.08. The number of hydrogen-bond donors (Lipinski definition) is 2. The van der Waals surface area contributed by atoms with E-state index in [1.54, 1.807) is 6.33 Å². The fourth-order valence-electron chi connectivity index (χ4n) is 3.39. The van der Waals surface area contributed by atoms with Gasteiger partial charge in [-0.2, -0.15) is 0 Å². The summed E-state index contributed by atoms with van der Waals surface area (Å²) in [5, 5.41) is 15.0. The largest absolute Gasteiger partial charge is 0.355 e. The van der Waals surface area contributed by atoms with Crippen LogP contribution < -0.4 is 10.6 Å². The van der Waals surface area contributed by atoms with Crippen LogP contribution in [0.3, 0.4) is 0 Å². The molecule has 0 saturated heterocycles. The molecule has 0 amide bonds. The van der Waals surface area contributed by atoms with Gasteiger partial charge in [0.25, 0.3) is 0 Å². The molecule has 0 radical (unpaired) electrons. The van der Waals surface area contributed by atoms with Gasteiger partial charge in [-0.25, -0.2) is 0 Å². The lowest BCUT2D eigenvalue weighted by atomic mass is 10.1. The van der Waals surface area contributed by atoms with E-state index in [0.717, 1.165) is 50.0 Å². The molecule has 1 atom stereocenters. The standard InChI is InChI=1S/C23H37N7.HI/c1-6-22-28-27-18-30(22)15-14-24-23(25-16-19(4)5)26-17-21(29(7-2)8-3)20-12-10-9-11-13-20;/h9-13,18,21H,4,6-8,14-17H2,1-3,5H3,(H2,24,25,26);1H. The van der Waals surface area contributed by atoms with E-state index in [1.165, 1.54) is 5.56 Å². The highest BCUT2D eigenvalue weighted by Gasteiger charge is 2.17. The maximum atomic E-state index is 4.92. The van der Waals surface area contributed by atoms with Crippen molar-refractivity contribution in [3.8, 4) is 0 Å². The summed E-state index contributed by atoms with van der Waals surface area (Å²) in [6, 6.07) is 10.9. The Hall–Kier alpha value is -1.94. The monoisotopic (exact) mass is 539 g/mol. The van der Waals surface area contributed by atoms with Gasteiger partial charge in [0.05, 0.1) is 12.6 Å². The van der Waals surface area contributed by atoms with Gasteiger partial charge >= 0.3 is 0 Å². The van der Waals surface area contributed by atoms with Crippen molar-refractivity contribution in [2.45, 2.75) is 46.7 Å². The summed E-state index contributed by atoms with van der Waals surface area (Å²) in [7, 11) is 0. The molecule has 7 nitrogen and oxygen atoms in total. The Labute approximate surface area is 204 Å². The van der Waals surface area contributed by atoms with Crippen LogP contribution in [0, 0.1) is 0 Å². The highest BCUT2D eigenvalue weighted by atomic mass is 127. The molecule has 1 aromatic carbocycles. The van der Waals surface area contributed by atoms with Crippen molar-refractivity contribution in [1.29, 1.82) is 0 Å². The van der Waals surface area contributed by atoms with E-state index in [-0.39, 0.29) is 30.0 Å². The van der Waals surface area contributed by atoms with Crippen LogP contribution in [-0.2, 0) is 13.0 Å². The van der Waals surface area contributed by atoms with Gasteiger partial charge in [0.2, 0.25) is 0 Å². The Bertz CT molecular complexity index is 784. The van der Waals surface area contributed by atoms with E-state index in [4.69, 9.17) is 4.99 Å². The van der Waals surface area contributed by atoms with Gasteiger partial charge in [-0.1, -0.05) is 63.3 Å². The normalized spacial score (nSPS) is 12.4. The zero-order valence-corrected chi connectivity index (χ0v) is 21.7. The molecule has 31 heavy (non-hydrogen) atoms. The number of aryl methyl sites for hydroxylation is 1. The third-order valence-corrected chi connectivity index (χ3v) is 5.07. The predicted octanol–water partition coefficient (Wildman–Crippen LogP) is 3.65. The summed E-state index contributed by atoms with van der Waals surface area (Å²) >= 11 is 0. The smallest absolute Gasteiger partial charge is 0.191 e. The third-order valence-electron chi connectivity index (χ3n) is 5.07. The minimum atomic E-state index is 0. The van der Waals surface area contributed by atoms with Crippen molar-refractivity contribution in [1.82, 2.24) is 30.3 Å². The van der Waals surface area contributed by atoms with E-state index >= 15 is 0 Å². The first-order chi connectivity index (χ1) is 14.6. The number of guanidine groups is 1. The molecule has 0 aliphatic rings. The van der Waals surface area contributed by atoms with Gasteiger partial charge in [-0.3, -0.25) is 9.89 Å². The van der Waals surface area contributed by atoms with Crippen LogP contribution in [0.1, 0.15) is 45.1 Å². The van der Waals surface area contributed by atoms with E-state index in [0.29, 0.717) is 13.1 Å². The van der Waals surface area contributed by atoms with Crippen molar-refractivity contribution in [3.05, 3.63) is 60.2 Å². The fraction of sp³-hybridized carbons (Fsp3) is 0.522. The molecule has 1 aromatic heterocycles. The Morgan fingerprint density at radius 3 is 2.48 bits per heavy atom. The third kappa shape index (κ3) is 8.98. The second kappa shape index (κ2) is 15.0. The molecule has 8 heteroatoms. The van der Waals surface area contributed by atoms with Crippen LogP contribution in [-0.4, -0.2) is 58.3 Å². The van der Waals surface area contributed by atoms with Gasteiger partial charge in [-0.05, 0) is 25.6 Å². The second-order valence-electron chi connectivity index (χ2n) is 7.37. The maximum Gasteiger partial charge on any atom is 0.191 e. The zero-order valence-electron chi connectivity index (χ0n) is 19.3. The molecule has 0 fully saturated rings. The van der Waals surface area contributed by atoms with Gasteiger partial charge in [0.1, 0.15) is 12.2 Å². The highest BCUT2D eigenvalue weighted by molar-refractivity contribution is 14.0. The van der Waals surface area contributed by atoms with Crippen molar-refractivity contribution in [2.24, 2.45) is 4.99 Å². The molecule has 2 aromatic rings. The van der Waals surface area contributed by atoms with Crippen molar-refractivity contribution in [3.63, 3.8) is 0 Å². The number of benzene rings is 1. The number of rotatable bonds is 12. The first-order valence-electron chi connectivity index (χ1n) is 10.9. The molecule has 0 spiro atoms. The minimum Gasteiger partial charge on any atom is -0.355 e. The molecule has 1 heterocycles. The van der Waals surface area contributed by atoms with Crippen LogP contribution >= 0.6 is 24.0 Å². The molecular formula is C23H38IN7. The summed E-state index contributed by atoms with van der Waals surface area (Å²) in [4.78, 5) is 7.37. The van der Waals surface area contributed by atoms with Gasteiger partial charge in [0.15, 0.2) is 5.96 Å². The van der Waals surface area contributed by atoms with Crippen LogP contribution in [0.15, 0.2) is 53.8 Å². The quantitative estimate of drug-likeness (QED) is 0.187. The Morgan fingerprint density at radius 2 is 1.87 bits per heavy atom. The lowest BCUT2D eigenvalue weighted by Gasteiger charge is -2.29. The van der Waals surface area contributed by atoms with Crippen LogP contribution in [0.5, 0.6) is 0 Å². The van der Waals surface area contributed by atoms with Gasteiger partial charge in [0, 0.05) is 26.1 Å². The second-order valence-corrected chi connectivity index (χ2v) is 7.37. The molecule has 0 bridgehead atoms. The maximum absolute atomic E-state index is 4.92. The number of aromatic nitrogens is 3. The van der Waals surface area contributed by atoms with Crippen molar-refractivity contribution < 1.29 is 0 Å². The molecule has 0 saturated carbocycles. The lowest BCUT2D eigenvalue weighted by molar-refractivity contribution is 0.224. The van der Waals surface area contributed by atoms with E-state index in [2.05, 4.69) is 88.0 Å². The number of likely N-dealkylation sites (N-methyl/N-ethyl adjacent to an activating group) is 1. The Balaban J connectivity index is 0.00000480. The number of aliphatic imine (C=N–C) groups is 1. The predicted molar refractivity (Wildman–Crippen MR) is 140 cm³/mol. The summed E-state index contributed by atoms with van der Waals surface area (Å²) in [5.41, 5.74) is 2.36. The average Bonchev–Trinajstić information content (AvgIpc) is 3.22. The first kappa shape index (κ1) is 27.1. The summed E-state index contributed by atoms with van der Waals surface area (Å²) in [5.74, 6) is 1.80. The van der Waals surface area contributed by atoms with E-state index < -0.39 is 0 Å². The van der Waals surface area contributed by atoms with E-state index in [9.17, 15) is 0 Å². The Morgan fingerprint density at radius 1 is 1.16 bits per heavy atom. The number of halogens is 1. The summed E-state index contributed by atoms with van der Waals surface area (Å²) in [6.45, 7) is 17.4. The fourth-order valence-corrected chi connectivity index (χ4v) is 3.39. The average molecular weight is 540 g/mol. The Kier molecular flexibility index (Phi) is 13.1. The lowest BCUT2D eigenvalue weighted by Crippen LogP contribution is -2.40. The van der Waals surface area contributed by atoms with Gasteiger partial charge in [-0.15, -0.1) is 34.2 Å². The first-order valence-corrected chi connectivity index (χ1v) is 10.9. The van der Waals surface area contributed by atoms with Crippen LogP contribution in [0.25, 0.3) is 0 Å². The van der Waals surface area contributed by atoms with Crippen molar-refractivity contribution >= 4 is 29.9 Å². The SMILES string of the molecule is C=C(C)CNC(=NCC(c1ccccc1)N(CC)CC)NCCn1cnnc1CC.I. The van der Waals surface area contributed by atoms with Gasteiger partial charge < -0.3 is 15.2 Å². The molecule has 172 valence electrons. The minimum absolute atomic E-state index is 0. The van der Waals surface area contributed by atoms with Crippen molar-refractivity contribution in [2.75, 3.05) is 32.7 Å². The number of hydrogen-bond acceptors (Lipinski definition) is 4. The van der Waals surface area contributed by atoms with Crippen LogP contribution in [0.2, 0.25) is 0 Å². The molecule has 1 unspecified atom stereocenters. The highest BCUT2D eigenvalue weighted by Crippen LogP contribution is 2.20. The zero-order chi connectivity index (χ0) is 21.8. The number of nitrogens with zero attached hydrogens (tertiary/aromatic N) is 5. The molecule has 2 N–H and O–H groups in total. The topological polar surface area (TPSA) is 70.4 Å². The molecule has 0 aliphatic heterocycles. The molecule has 0 aliphatic carbocycles.